The molecule has 3 unspecified atom stereocenters. The number of rotatable bonds is 2. The van der Waals surface area contributed by atoms with Gasteiger partial charge in [-0.15, -0.1) is 0 Å². The summed E-state index contributed by atoms with van der Waals surface area (Å²) in [6.07, 6.45) is 2.33. The Bertz CT molecular complexity index is 297. The van der Waals surface area contributed by atoms with Gasteiger partial charge in [-0.1, -0.05) is 30.3 Å². The molecule has 0 aliphatic heterocycles. The lowest BCUT2D eigenvalue weighted by Crippen LogP contribution is -2.27. The molecular weight excluding hydrogens is 188 g/mol. The van der Waals surface area contributed by atoms with Crippen LogP contribution in [0.15, 0.2) is 30.3 Å². The zero-order chi connectivity index (χ0) is 10.7. The third kappa shape index (κ3) is 2.58. The average Bonchev–Trinajstić information content (AvgIpc) is 2.29. The number of benzene rings is 1. The highest BCUT2D eigenvalue weighted by atomic mass is 16.3. The molecule has 1 aromatic carbocycles. The minimum atomic E-state index is -0.249. The highest BCUT2D eigenvalue weighted by Gasteiger charge is 2.27. The van der Waals surface area contributed by atoms with Gasteiger partial charge in [-0.05, 0) is 36.7 Å². The Morgan fingerprint density at radius 1 is 1.07 bits per heavy atom. The Labute approximate surface area is 90.6 Å². The van der Waals surface area contributed by atoms with Gasteiger partial charge < -0.3 is 10.2 Å². The van der Waals surface area contributed by atoms with E-state index in [2.05, 4.69) is 12.1 Å². The molecule has 0 spiro atoms. The van der Waals surface area contributed by atoms with E-state index < -0.39 is 0 Å². The first-order chi connectivity index (χ1) is 7.29. The van der Waals surface area contributed by atoms with Gasteiger partial charge in [-0.3, -0.25) is 0 Å². The maximum atomic E-state index is 9.73. The lowest BCUT2D eigenvalue weighted by molar-refractivity contribution is 0.0650. The van der Waals surface area contributed by atoms with Crippen molar-refractivity contribution in [3.05, 3.63) is 35.9 Å². The molecule has 1 saturated carbocycles. The summed E-state index contributed by atoms with van der Waals surface area (Å²) in [6.45, 7) is 0.195. The predicted molar refractivity (Wildman–Crippen MR) is 59.6 cm³/mol. The molecule has 15 heavy (non-hydrogen) atoms. The quantitative estimate of drug-likeness (QED) is 0.776. The SMILES string of the molecule is OCC1CC(O)CC(c2ccccc2)C1. The van der Waals surface area contributed by atoms with Crippen molar-refractivity contribution in [1.29, 1.82) is 0 Å². The molecule has 1 aliphatic carbocycles. The molecule has 0 radical (unpaired) electrons. The number of aliphatic hydroxyl groups is 2. The molecular formula is C13H18O2. The molecule has 0 amide bonds. The second-order valence-electron chi connectivity index (χ2n) is 4.52. The zero-order valence-corrected chi connectivity index (χ0v) is 8.84. The molecule has 1 fully saturated rings. The van der Waals surface area contributed by atoms with Crippen LogP contribution in [-0.2, 0) is 0 Å². The van der Waals surface area contributed by atoms with Crippen molar-refractivity contribution >= 4 is 0 Å². The Hall–Kier alpha value is -0.860. The van der Waals surface area contributed by atoms with E-state index in [1.54, 1.807) is 0 Å². The van der Waals surface area contributed by atoms with Crippen LogP contribution in [0.2, 0.25) is 0 Å². The van der Waals surface area contributed by atoms with Crippen LogP contribution >= 0.6 is 0 Å². The molecule has 0 saturated heterocycles. The van der Waals surface area contributed by atoms with Gasteiger partial charge >= 0.3 is 0 Å². The minimum Gasteiger partial charge on any atom is -0.396 e. The Morgan fingerprint density at radius 2 is 1.80 bits per heavy atom. The van der Waals surface area contributed by atoms with Gasteiger partial charge in [0.1, 0.15) is 0 Å². The smallest absolute Gasteiger partial charge is 0.0549 e. The summed E-state index contributed by atoms with van der Waals surface area (Å²) in [5, 5.41) is 18.9. The average molecular weight is 206 g/mol. The van der Waals surface area contributed by atoms with E-state index >= 15 is 0 Å². The van der Waals surface area contributed by atoms with Crippen molar-refractivity contribution in [1.82, 2.24) is 0 Å². The van der Waals surface area contributed by atoms with Gasteiger partial charge in [0.15, 0.2) is 0 Å². The maximum absolute atomic E-state index is 9.73. The molecule has 2 N–H and O–H groups in total. The molecule has 3 atom stereocenters. The van der Waals surface area contributed by atoms with Crippen molar-refractivity contribution in [2.75, 3.05) is 6.61 Å². The van der Waals surface area contributed by atoms with Gasteiger partial charge in [0.2, 0.25) is 0 Å². The first-order valence-corrected chi connectivity index (χ1v) is 5.63. The molecule has 1 aliphatic rings. The van der Waals surface area contributed by atoms with E-state index in [4.69, 9.17) is 5.11 Å². The first kappa shape index (κ1) is 10.7. The number of aliphatic hydroxyl groups excluding tert-OH is 2. The topological polar surface area (TPSA) is 40.5 Å². The van der Waals surface area contributed by atoms with E-state index in [-0.39, 0.29) is 18.6 Å². The van der Waals surface area contributed by atoms with Crippen molar-refractivity contribution < 1.29 is 10.2 Å². The molecule has 2 nitrogen and oxygen atoms in total. The molecule has 82 valence electrons. The predicted octanol–water partition coefficient (Wildman–Crippen LogP) is 1.92. The van der Waals surface area contributed by atoms with Crippen LogP contribution in [-0.4, -0.2) is 22.9 Å². The van der Waals surface area contributed by atoms with E-state index in [1.807, 2.05) is 18.2 Å². The van der Waals surface area contributed by atoms with Crippen molar-refractivity contribution in [2.24, 2.45) is 5.92 Å². The second-order valence-corrected chi connectivity index (χ2v) is 4.52. The first-order valence-electron chi connectivity index (χ1n) is 5.63. The summed E-state index contributed by atoms with van der Waals surface area (Å²) < 4.78 is 0. The molecule has 0 heterocycles. The summed E-state index contributed by atoms with van der Waals surface area (Å²) in [4.78, 5) is 0. The van der Waals surface area contributed by atoms with Crippen LogP contribution in [0.1, 0.15) is 30.7 Å². The number of hydrogen-bond acceptors (Lipinski definition) is 2. The van der Waals surface area contributed by atoms with E-state index in [9.17, 15) is 5.11 Å². The normalized spacial score (nSPS) is 31.5. The van der Waals surface area contributed by atoms with Gasteiger partial charge in [0.05, 0.1) is 6.10 Å². The Kier molecular flexibility index (Phi) is 3.39. The van der Waals surface area contributed by atoms with Crippen LogP contribution < -0.4 is 0 Å². The third-order valence-corrected chi connectivity index (χ3v) is 3.31. The highest BCUT2D eigenvalue weighted by molar-refractivity contribution is 5.20. The van der Waals surface area contributed by atoms with Gasteiger partial charge in [0, 0.05) is 6.61 Å². The molecule has 2 rings (SSSR count). The Morgan fingerprint density at radius 3 is 2.47 bits per heavy atom. The lowest BCUT2D eigenvalue weighted by atomic mass is 9.77. The maximum Gasteiger partial charge on any atom is 0.0549 e. The fraction of sp³-hybridized carbons (Fsp3) is 0.538. The van der Waals surface area contributed by atoms with Crippen LogP contribution in [0, 0.1) is 5.92 Å². The van der Waals surface area contributed by atoms with Crippen molar-refractivity contribution in [2.45, 2.75) is 31.3 Å². The number of hydrogen-bond donors (Lipinski definition) is 2. The third-order valence-electron chi connectivity index (χ3n) is 3.31. The van der Waals surface area contributed by atoms with Gasteiger partial charge in [-0.25, -0.2) is 0 Å². The standard InChI is InChI=1S/C13H18O2/c14-9-10-6-12(8-13(15)7-10)11-4-2-1-3-5-11/h1-5,10,12-15H,6-9H2. The fourth-order valence-electron chi connectivity index (χ4n) is 2.55. The zero-order valence-electron chi connectivity index (χ0n) is 8.84. The monoisotopic (exact) mass is 206 g/mol. The summed E-state index contributed by atoms with van der Waals surface area (Å²) in [5.74, 6) is 0.672. The second kappa shape index (κ2) is 4.77. The summed E-state index contributed by atoms with van der Waals surface area (Å²) in [6, 6.07) is 10.3. The molecule has 2 heteroatoms. The minimum absolute atomic E-state index is 0.195. The molecule has 0 bridgehead atoms. The van der Waals surface area contributed by atoms with Crippen LogP contribution in [0.4, 0.5) is 0 Å². The fourth-order valence-corrected chi connectivity index (χ4v) is 2.55. The van der Waals surface area contributed by atoms with Gasteiger partial charge in [-0.2, -0.15) is 0 Å². The van der Waals surface area contributed by atoms with Crippen LogP contribution in [0.5, 0.6) is 0 Å². The molecule has 0 aromatic heterocycles. The Balaban J connectivity index is 2.09. The lowest BCUT2D eigenvalue weighted by Gasteiger charge is -2.31. The highest BCUT2D eigenvalue weighted by Crippen LogP contribution is 2.35. The largest absolute Gasteiger partial charge is 0.396 e. The van der Waals surface area contributed by atoms with Gasteiger partial charge in [0.25, 0.3) is 0 Å². The summed E-state index contributed by atoms with van der Waals surface area (Å²) in [7, 11) is 0. The van der Waals surface area contributed by atoms with E-state index in [1.165, 1.54) is 5.56 Å². The van der Waals surface area contributed by atoms with Crippen LogP contribution in [0.25, 0.3) is 0 Å². The summed E-state index contributed by atoms with van der Waals surface area (Å²) in [5.41, 5.74) is 1.29. The van der Waals surface area contributed by atoms with E-state index in [0.717, 1.165) is 19.3 Å². The summed E-state index contributed by atoms with van der Waals surface area (Å²) >= 11 is 0. The van der Waals surface area contributed by atoms with Crippen LogP contribution in [0.3, 0.4) is 0 Å². The van der Waals surface area contributed by atoms with E-state index in [0.29, 0.717) is 5.92 Å². The van der Waals surface area contributed by atoms with Crippen molar-refractivity contribution in [3.8, 4) is 0 Å². The van der Waals surface area contributed by atoms with Crippen molar-refractivity contribution in [3.63, 3.8) is 0 Å². The molecule has 1 aromatic rings.